The van der Waals surface area contributed by atoms with Gasteiger partial charge in [0.1, 0.15) is 0 Å². The lowest BCUT2D eigenvalue weighted by molar-refractivity contribution is 0.326. The van der Waals surface area contributed by atoms with E-state index in [4.69, 9.17) is 0 Å². The summed E-state index contributed by atoms with van der Waals surface area (Å²) in [4.78, 5) is 0. The first kappa shape index (κ1) is 13.4. The second kappa shape index (κ2) is 4.73. The molecule has 22 heavy (non-hydrogen) atoms. The largest absolute Gasteiger partial charge is 0.0851 e. The van der Waals surface area contributed by atoms with Crippen molar-refractivity contribution in [3.8, 4) is 0 Å². The number of rotatable bonds is 0. The summed E-state index contributed by atoms with van der Waals surface area (Å²) < 4.78 is 0. The molecule has 0 N–H and O–H groups in total. The van der Waals surface area contributed by atoms with Crippen molar-refractivity contribution >= 4 is 0 Å². The molecule has 0 radical (unpaired) electrons. The molecule has 0 aromatic carbocycles. The van der Waals surface area contributed by atoms with E-state index >= 15 is 0 Å². The predicted molar refractivity (Wildman–Crippen MR) is 92.0 cm³/mol. The fourth-order valence-electron chi connectivity index (χ4n) is 6.68. The predicted octanol–water partition coefficient (Wildman–Crippen LogP) is 5.26. The zero-order valence-electron chi connectivity index (χ0n) is 13.8. The monoisotopic (exact) mass is 292 g/mol. The Hall–Kier alpha value is -1.04. The number of hydrogen-bond donors (Lipinski definition) is 0. The van der Waals surface area contributed by atoms with E-state index in [0.717, 1.165) is 59.2 Å². The Morgan fingerprint density at radius 3 is 1.32 bits per heavy atom. The highest BCUT2D eigenvalue weighted by atomic mass is 14.5. The highest BCUT2D eigenvalue weighted by Gasteiger charge is 2.47. The molecular formula is C22H28. The van der Waals surface area contributed by atoms with Crippen LogP contribution >= 0.6 is 0 Å². The van der Waals surface area contributed by atoms with Crippen molar-refractivity contribution in [3.05, 3.63) is 48.6 Å². The smallest absolute Gasteiger partial charge is 0.0131 e. The van der Waals surface area contributed by atoms with E-state index in [2.05, 4.69) is 62.5 Å². The average Bonchev–Trinajstić information content (AvgIpc) is 3.30. The van der Waals surface area contributed by atoms with Crippen LogP contribution in [-0.4, -0.2) is 0 Å². The lowest BCUT2D eigenvalue weighted by Gasteiger charge is -2.23. The van der Waals surface area contributed by atoms with Gasteiger partial charge in [0.2, 0.25) is 0 Å². The van der Waals surface area contributed by atoms with Crippen molar-refractivity contribution in [3.63, 3.8) is 0 Å². The van der Waals surface area contributed by atoms with Crippen molar-refractivity contribution in [2.45, 2.75) is 26.7 Å². The quantitative estimate of drug-likeness (QED) is 0.534. The minimum absolute atomic E-state index is 0.847. The van der Waals surface area contributed by atoms with E-state index in [1.165, 1.54) is 12.8 Å². The normalized spacial score (nSPS) is 57.4. The van der Waals surface area contributed by atoms with Crippen LogP contribution in [0.4, 0.5) is 0 Å². The standard InChI is InChI=1S/2C11H14/c2*1-7-2-5-10-8-3-4-9(6-8)11(7)10/h2*2-5,7-11H,6H2,1H3. The zero-order chi connectivity index (χ0) is 14.8. The van der Waals surface area contributed by atoms with Gasteiger partial charge in [-0.2, -0.15) is 0 Å². The molecule has 10 unspecified atom stereocenters. The average molecular weight is 292 g/mol. The van der Waals surface area contributed by atoms with Gasteiger partial charge in [0.05, 0.1) is 0 Å². The summed E-state index contributed by atoms with van der Waals surface area (Å²) in [7, 11) is 0. The topological polar surface area (TPSA) is 0 Å². The van der Waals surface area contributed by atoms with Crippen molar-refractivity contribution in [1.29, 1.82) is 0 Å². The highest BCUT2D eigenvalue weighted by molar-refractivity contribution is 5.24. The van der Waals surface area contributed by atoms with Crippen molar-refractivity contribution in [2.24, 2.45) is 59.2 Å². The second-order valence-corrected chi connectivity index (χ2v) is 8.69. The first-order chi connectivity index (χ1) is 10.7. The Morgan fingerprint density at radius 1 is 0.500 bits per heavy atom. The molecule has 0 aromatic rings. The van der Waals surface area contributed by atoms with Crippen LogP contribution in [0.25, 0.3) is 0 Å². The third-order valence-corrected chi connectivity index (χ3v) is 7.65. The molecule has 10 atom stereocenters. The van der Waals surface area contributed by atoms with Crippen LogP contribution in [-0.2, 0) is 0 Å². The van der Waals surface area contributed by atoms with Crippen LogP contribution in [0, 0.1) is 59.2 Å². The summed E-state index contributed by atoms with van der Waals surface area (Å²) in [5, 5.41) is 0. The third kappa shape index (κ3) is 1.76. The van der Waals surface area contributed by atoms with E-state index < -0.39 is 0 Å². The Kier molecular flexibility index (Phi) is 2.88. The number of allylic oxidation sites excluding steroid dienone is 8. The highest BCUT2D eigenvalue weighted by Crippen LogP contribution is 2.55. The van der Waals surface area contributed by atoms with Gasteiger partial charge in [0, 0.05) is 0 Å². The van der Waals surface area contributed by atoms with Gasteiger partial charge in [0.15, 0.2) is 0 Å². The van der Waals surface area contributed by atoms with Gasteiger partial charge in [-0.1, -0.05) is 62.5 Å². The molecule has 0 heterocycles. The molecule has 6 rings (SSSR count). The maximum Gasteiger partial charge on any atom is -0.0131 e. The Balaban J connectivity index is 0.000000102. The maximum absolute atomic E-state index is 2.46. The first-order valence-electron chi connectivity index (χ1n) is 9.45. The van der Waals surface area contributed by atoms with Crippen LogP contribution in [0.15, 0.2) is 48.6 Å². The van der Waals surface area contributed by atoms with Gasteiger partial charge in [0.25, 0.3) is 0 Å². The molecular weight excluding hydrogens is 264 g/mol. The molecule has 0 spiro atoms. The Morgan fingerprint density at radius 2 is 0.909 bits per heavy atom. The van der Waals surface area contributed by atoms with E-state index in [-0.39, 0.29) is 0 Å². The Bertz CT molecular complexity index is 525. The van der Waals surface area contributed by atoms with Crippen molar-refractivity contribution in [1.82, 2.24) is 0 Å². The molecule has 4 bridgehead atoms. The zero-order valence-corrected chi connectivity index (χ0v) is 13.8. The van der Waals surface area contributed by atoms with E-state index in [1.54, 1.807) is 0 Å². The van der Waals surface area contributed by atoms with Crippen LogP contribution in [0.3, 0.4) is 0 Å². The summed E-state index contributed by atoms with van der Waals surface area (Å²) in [6.07, 6.45) is 22.4. The molecule has 116 valence electrons. The molecule has 0 amide bonds. The molecule has 0 nitrogen and oxygen atoms in total. The van der Waals surface area contributed by atoms with E-state index in [1.807, 2.05) is 0 Å². The fourth-order valence-corrected chi connectivity index (χ4v) is 6.68. The molecule has 0 saturated heterocycles. The molecule has 6 aliphatic rings. The van der Waals surface area contributed by atoms with Gasteiger partial charge in [-0.05, 0) is 72.0 Å². The van der Waals surface area contributed by atoms with Crippen LogP contribution in [0.5, 0.6) is 0 Å². The second-order valence-electron chi connectivity index (χ2n) is 8.69. The van der Waals surface area contributed by atoms with Crippen molar-refractivity contribution in [2.75, 3.05) is 0 Å². The SMILES string of the molecule is CC1C=CC2C3C=CC(C3)C12.CC1C=CC2C3C=CC(C3)C12. The van der Waals surface area contributed by atoms with Gasteiger partial charge in [-0.15, -0.1) is 0 Å². The van der Waals surface area contributed by atoms with Crippen molar-refractivity contribution < 1.29 is 0 Å². The van der Waals surface area contributed by atoms with Gasteiger partial charge in [-0.25, -0.2) is 0 Å². The molecule has 0 aliphatic heterocycles. The molecule has 2 saturated carbocycles. The van der Waals surface area contributed by atoms with Gasteiger partial charge < -0.3 is 0 Å². The molecule has 6 aliphatic carbocycles. The third-order valence-electron chi connectivity index (χ3n) is 7.65. The summed E-state index contributed by atoms with van der Waals surface area (Å²) in [5.41, 5.74) is 0. The van der Waals surface area contributed by atoms with E-state index in [0.29, 0.717) is 0 Å². The van der Waals surface area contributed by atoms with Gasteiger partial charge >= 0.3 is 0 Å². The van der Waals surface area contributed by atoms with Crippen LogP contribution < -0.4 is 0 Å². The molecule has 0 heteroatoms. The fraction of sp³-hybridized carbons (Fsp3) is 0.636. The van der Waals surface area contributed by atoms with E-state index in [9.17, 15) is 0 Å². The number of fused-ring (bicyclic) bond motifs is 10. The number of hydrogen-bond acceptors (Lipinski definition) is 0. The van der Waals surface area contributed by atoms with Crippen LogP contribution in [0.2, 0.25) is 0 Å². The minimum Gasteiger partial charge on any atom is -0.0851 e. The summed E-state index contributed by atoms with van der Waals surface area (Å²) in [6, 6.07) is 0. The van der Waals surface area contributed by atoms with Crippen LogP contribution in [0.1, 0.15) is 26.7 Å². The summed E-state index contributed by atoms with van der Waals surface area (Å²) in [6.45, 7) is 4.74. The summed E-state index contributed by atoms with van der Waals surface area (Å²) >= 11 is 0. The minimum atomic E-state index is 0.847. The Labute approximate surface area is 135 Å². The lowest BCUT2D eigenvalue weighted by atomic mass is 9.81. The van der Waals surface area contributed by atoms with Gasteiger partial charge in [-0.3, -0.25) is 0 Å². The summed E-state index contributed by atoms with van der Waals surface area (Å²) in [5.74, 6) is 9.15. The maximum atomic E-state index is 2.46. The molecule has 2 fully saturated rings. The molecule has 0 aromatic heterocycles. The first-order valence-corrected chi connectivity index (χ1v) is 9.45. The lowest BCUT2D eigenvalue weighted by Crippen LogP contribution is -2.18.